The molecule has 2 aromatic rings. The second kappa shape index (κ2) is 5.21. The lowest BCUT2D eigenvalue weighted by molar-refractivity contribution is 0.515. The molecule has 0 amide bonds. The Morgan fingerprint density at radius 1 is 1.22 bits per heavy atom. The predicted octanol–water partition coefficient (Wildman–Crippen LogP) is 3.65. The van der Waals surface area contributed by atoms with Crippen LogP contribution in [0.25, 0.3) is 11.3 Å². The average Bonchev–Trinajstić information content (AvgIpc) is 2.75. The highest BCUT2D eigenvalue weighted by Gasteiger charge is 2.14. The van der Waals surface area contributed by atoms with E-state index in [0.717, 1.165) is 23.5 Å². The zero-order valence-corrected chi connectivity index (χ0v) is 12.1. The second-order valence-corrected chi connectivity index (χ2v) is 6.28. The largest absolute Gasteiger partial charge is 0.325 e. The molecule has 0 saturated heterocycles. The third-order valence-electron chi connectivity index (χ3n) is 2.82. The minimum Gasteiger partial charge on any atom is -0.325 e. The summed E-state index contributed by atoms with van der Waals surface area (Å²) >= 11 is 1.69. The summed E-state index contributed by atoms with van der Waals surface area (Å²) in [5.74, 6) is 0. The summed E-state index contributed by atoms with van der Waals surface area (Å²) in [5.41, 5.74) is 9.43. The van der Waals surface area contributed by atoms with Crippen LogP contribution in [-0.2, 0) is 12.8 Å². The van der Waals surface area contributed by atoms with Crippen LogP contribution in [-0.4, -0.2) is 10.5 Å². The predicted molar refractivity (Wildman–Crippen MR) is 78.9 cm³/mol. The van der Waals surface area contributed by atoms with Gasteiger partial charge in [0.25, 0.3) is 0 Å². The Kier molecular flexibility index (Phi) is 3.83. The van der Waals surface area contributed by atoms with Gasteiger partial charge in [0, 0.05) is 22.9 Å². The van der Waals surface area contributed by atoms with Gasteiger partial charge in [-0.2, -0.15) is 0 Å². The molecule has 2 rings (SSSR count). The number of hydrogen-bond donors (Lipinski definition) is 1. The van der Waals surface area contributed by atoms with E-state index >= 15 is 0 Å². The van der Waals surface area contributed by atoms with Crippen molar-refractivity contribution in [3.8, 4) is 11.3 Å². The molecule has 18 heavy (non-hydrogen) atoms. The smallest absolute Gasteiger partial charge is 0.0950 e. The summed E-state index contributed by atoms with van der Waals surface area (Å²) in [6.07, 6.45) is 1.90. The van der Waals surface area contributed by atoms with Crippen molar-refractivity contribution in [1.29, 1.82) is 0 Å². The van der Waals surface area contributed by atoms with Crippen molar-refractivity contribution in [2.75, 3.05) is 0 Å². The summed E-state index contributed by atoms with van der Waals surface area (Å²) in [7, 11) is 0. The highest BCUT2D eigenvalue weighted by molar-refractivity contribution is 7.09. The van der Waals surface area contributed by atoms with Crippen molar-refractivity contribution in [2.45, 2.75) is 39.2 Å². The zero-order valence-electron chi connectivity index (χ0n) is 11.2. The van der Waals surface area contributed by atoms with Gasteiger partial charge in [0.2, 0.25) is 0 Å². The fraction of sp³-hybridized carbons (Fsp3) is 0.400. The van der Waals surface area contributed by atoms with Crippen molar-refractivity contribution in [2.24, 2.45) is 5.73 Å². The maximum absolute atomic E-state index is 6.02. The molecule has 0 aliphatic carbocycles. The molecule has 0 bridgehead atoms. The number of nitrogens with two attached hydrogens (primary N) is 1. The van der Waals surface area contributed by atoms with Crippen LogP contribution in [0.3, 0.4) is 0 Å². The van der Waals surface area contributed by atoms with E-state index in [1.165, 1.54) is 11.1 Å². The summed E-state index contributed by atoms with van der Waals surface area (Å²) in [6.45, 7) is 6.23. The summed E-state index contributed by atoms with van der Waals surface area (Å²) in [6, 6.07) is 8.62. The Morgan fingerprint density at radius 2 is 1.89 bits per heavy atom. The van der Waals surface area contributed by atoms with Crippen molar-refractivity contribution >= 4 is 11.3 Å². The van der Waals surface area contributed by atoms with Gasteiger partial charge in [0.1, 0.15) is 0 Å². The van der Waals surface area contributed by atoms with Crippen LogP contribution in [0.2, 0.25) is 0 Å². The number of benzene rings is 1. The molecular weight excluding hydrogens is 240 g/mol. The molecule has 0 unspecified atom stereocenters. The number of aromatic nitrogens is 1. The van der Waals surface area contributed by atoms with Crippen LogP contribution in [0, 0.1) is 0 Å². The Balaban J connectivity index is 2.18. The third kappa shape index (κ3) is 3.40. The molecule has 0 aliphatic heterocycles. The standard InChI is InChI=1S/C15H20N2S/c1-4-11-5-7-12(8-6-11)13-10-18-14(17-13)9-15(2,3)16/h5-8,10H,4,9,16H2,1-3H3. The average molecular weight is 260 g/mol. The number of rotatable bonds is 4. The van der Waals surface area contributed by atoms with Gasteiger partial charge < -0.3 is 5.73 Å². The highest BCUT2D eigenvalue weighted by atomic mass is 32.1. The Bertz CT molecular complexity index is 506. The first-order valence-corrected chi connectivity index (χ1v) is 7.18. The highest BCUT2D eigenvalue weighted by Crippen LogP contribution is 2.24. The lowest BCUT2D eigenvalue weighted by Crippen LogP contribution is -2.34. The topological polar surface area (TPSA) is 38.9 Å². The Labute approximate surface area is 113 Å². The quantitative estimate of drug-likeness (QED) is 0.911. The number of thiazole rings is 1. The maximum Gasteiger partial charge on any atom is 0.0950 e. The van der Waals surface area contributed by atoms with Crippen LogP contribution in [0.15, 0.2) is 29.6 Å². The number of hydrogen-bond acceptors (Lipinski definition) is 3. The minimum absolute atomic E-state index is 0.193. The lowest BCUT2D eigenvalue weighted by atomic mass is 10.0. The molecular formula is C15H20N2S. The Morgan fingerprint density at radius 3 is 2.44 bits per heavy atom. The van der Waals surface area contributed by atoms with Gasteiger partial charge in [0.05, 0.1) is 10.7 Å². The van der Waals surface area contributed by atoms with E-state index in [1.807, 2.05) is 13.8 Å². The van der Waals surface area contributed by atoms with E-state index in [4.69, 9.17) is 5.73 Å². The van der Waals surface area contributed by atoms with E-state index in [1.54, 1.807) is 11.3 Å². The molecule has 0 spiro atoms. The second-order valence-electron chi connectivity index (χ2n) is 5.34. The first-order chi connectivity index (χ1) is 8.48. The number of nitrogens with zero attached hydrogens (tertiary/aromatic N) is 1. The molecule has 2 nitrogen and oxygen atoms in total. The van der Waals surface area contributed by atoms with Gasteiger partial charge in [-0.05, 0) is 25.8 Å². The monoisotopic (exact) mass is 260 g/mol. The van der Waals surface area contributed by atoms with Gasteiger partial charge >= 0.3 is 0 Å². The minimum atomic E-state index is -0.193. The van der Waals surface area contributed by atoms with Crippen LogP contribution < -0.4 is 5.73 Å². The normalized spacial score (nSPS) is 11.8. The molecule has 1 aromatic heterocycles. The van der Waals surface area contributed by atoms with E-state index < -0.39 is 0 Å². The molecule has 0 aliphatic rings. The maximum atomic E-state index is 6.02. The summed E-state index contributed by atoms with van der Waals surface area (Å²) in [5, 5.41) is 3.22. The van der Waals surface area contributed by atoms with Gasteiger partial charge in [-0.1, -0.05) is 31.2 Å². The number of aryl methyl sites for hydroxylation is 1. The van der Waals surface area contributed by atoms with Crippen molar-refractivity contribution in [3.05, 3.63) is 40.2 Å². The van der Waals surface area contributed by atoms with Crippen molar-refractivity contribution < 1.29 is 0 Å². The first kappa shape index (κ1) is 13.2. The molecule has 3 heteroatoms. The Hall–Kier alpha value is -1.19. The molecule has 0 atom stereocenters. The van der Waals surface area contributed by atoms with Crippen LogP contribution in [0.1, 0.15) is 31.3 Å². The van der Waals surface area contributed by atoms with Gasteiger partial charge in [-0.3, -0.25) is 0 Å². The molecule has 1 aromatic carbocycles. The third-order valence-corrected chi connectivity index (χ3v) is 3.67. The summed E-state index contributed by atoms with van der Waals surface area (Å²) < 4.78 is 0. The molecule has 0 radical (unpaired) electrons. The van der Waals surface area contributed by atoms with E-state index in [2.05, 4.69) is 41.6 Å². The molecule has 2 N–H and O–H groups in total. The first-order valence-electron chi connectivity index (χ1n) is 6.30. The fourth-order valence-electron chi connectivity index (χ4n) is 1.83. The molecule has 1 heterocycles. The molecule has 0 fully saturated rings. The van der Waals surface area contributed by atoms with Crippen molar-refractivity contribution in [3.63, 3.8) is 0 Å². The lowest BCUT2D eigenvalue weighted by Gasteiger charge is -2.15. The van der Waals surface area contributed by atoms with Crippen LogP contribution in [0.4, 0.5) is 0 Å². The SMILES string of the molecule is CCc1ccc(-c2csc(CC(C)(C)N)n2)cc1. The summed E-state index contributed by atoms with van der Waals surface area (Å²) in [4.78, 5) is 4.66. The molecule has 96 valence electrons. The zero-order chi connectivity index (χ0) is 13.2. The fourth-order valence-corrected chi connectivity index (χ4v) is 2.87. The van der Waals surface area contributed by atoms with Gasteiger partial charge in [-0.15, -0.1) is 11.3 Å². The molecule has 0 saturated carbocycles. The van der Waals surface area contributed by atoms with E-state index in [-0.39, 0.29) is 5.54 Å². The van der Waals surface area contributed by atoms with Crippen LogP contribution in [0.5, 0.6) is 0 Å². The van der Waals surface area contributed by atoms with Gasteiger partial charge in [0.15, 0.2) is 0 Å². The van der Waals surface area contributed by atoms with E-state index in [0.29, 0.717) is 0 Å². The van der Waals surface area contributed by atoms with Gasteiger partial charge in [-0.25, -0.2) is 4.98 Å². The van der Waals surface area contributed by atoms with Crippen LogP contribution >= 0.6 is 11.3 Å². The van der Waals surface area contributed by atoms with E-state index in [9.17, 15) is 0 Å². The van der Waals surface area contributed by atoms with Crippen molar-refractivity contribution in [1.82, 2.24) is 4.98 Å².